The molecule has 1 atom stereocenters. The second-order valence-corrected chi connectivity index (χ2v) is 4.96. The molecule has 1 heterocycles. The van der Waals surface area contributed by atoms with Gasteiger partial charge in [0.1, 0.15) is 5.75 Å². The minimum absolute atomic E-state index is 0.0190. The Balaban J connectivity index is 2.11. The summed E-state index contributed by atoms with van der Waals surface area (Å²) in [5.41, 5.74) is 3.91. The second-order valence-electron chi connectivity index (χ2n) is 4.96. The van der Waals surface area contributed by atoms with Crippen molar-refractivity contribution in [3.8, 4) is 5.75 Å². The molecule has 1 aliphatic rings. The van der Waals surface area contributed by atoms with Crippen molar-refractivity contribution in [2.24, 2.45) is 0 Å². The zero-order valence-electron chi connectivity index (χ0n) is 10.7. The zero-order chi connectivity index (χ0) is 12.6. The maximum absolute atomic E-state index is 5.33. The Morgan fingerprint density at radius 1 is 1.11 bits per heavy atom. The number of benzene rings is 2. The molecular formula is C16H17NO. The molecule has 0 fully saturated rings. The van der Waals surface area contributed by atoms with Gasteiger partial charge in [0.15, 0.2) is 0 Å². The Labute approximate surface area is 108 Å². The number of anilines is 1. The molecule has 0 spiro atoms. The Hall–Kier alpha value is -1.96. The first-order valence-corrected chi connectivity index (χ1v) is 6.22. The molecule has 0 saturated carbocycles. The van der Waals surface area contributed by atoms with Crippen molar-refractivity contribution in [1.29, 1.82) is 0 Å². The standard InChI is InChI=1S/C16H17NO/c1-16(12-6-5-7-13(10-12)18-2)11-17-15-9-4-3-8-14(15)16/h3-10,17H,11H2,1-2H3. The quantitative estimate of drug-likeness (QED) is 0.867. The van der Waals surface area contributed by atoms with E-state index >= 15 is 0 Å². The molecule has 0 bridgehead atoms. The Kier molecular flexibility index (Phi) is 2.51. The Morgan fingerprint density at radius 2 is 1.94 bits per heavy atom. The van der Waals surface area contributed by atoms with Crippen LogP contribution in [0.15, 0.2) is 48.5 Å². The molecule has 0 amide bonds. The monoisotopic (exact) mass is 239 g/mol. The lowest BCUT2D eigenvalue weighted by Crippen LogP contribution is -2.25. The van der Waals surface area contributed by atoms with Crippen LogP contribution >= 0.6 is 0 Å². The van der Waals surface area contributed by atoms with E-state index in [1.54, 1.807) is 7.11 Å². The molecule has 1 unspecified atom stereocenters. The lowest BCUT2D eigenvalue weighted by atomic mass is 9.78. The van der Waals surface area contributed by atoms with Crippen molar-refractivity contribution in [2.75, 3.05) is 19.0 Å². The lowest BCUT2D eigenvalue weighted by Gasteiger charge is -2.25. The summed E-state index contributed by atoms with van der Waals surface area (Å²) in [5.74, 6) is 0.915. The Morgan fingerprint density at radius 3 is 2.78 bits per heavy atom. The van der Waals surface area contributed by atoms with Crippen LogP contribution in [-0.4, -0.2) is 13.7 Å². The first-order chi connectivity index (χ1) is 8.74. The number of nitrogens with one attached hydrogen (secondary N) is 1. The summed E-state index contributed by atoms with van der Waals surface area (Å²) in [4.78, 5) is 0. The van der Waals surface area contributed by atoms with Gasteiger partial charge in [-0.05, 0) is 36.2 Å². The number of ether oxygens (including phenoxy) is 1. The average Bonchev–Trinajstić information content (AvgIpc) is 2.79. The van der Waals surface area contributed by atoms with Crippen LogP contribution in [0.25, 0.3) is 0 Å². The molecule has 0 radical (unpaired) electrons. The molecule has 1 aliphatic heterocycles. The number of para-hydroxylation sites is 1. The highest BCUT2D eigenvalue weighted by Gasteiger charge is 2.35. The van der Waals surface area contributed by atoms with Crippen LogP contribution in [0.4, 0.5) is 5.69 Å². The highest BCUT2D eigenvalue weighted by molar-refractivity contribution is 5.64. The summed E-state index contributed by atoms with van der Waals surface area (Å²) >= 11 is 0. The van der Waals surface area contributed by atoms with Gasteiger partial charge < -0.3 is 10.1 Å². The van der Waals surface area contributed by atoms with Crippen molar-refractivity contribution in [2.45, 2.75) is 12.3 Å². The molecule has 18 heavy (non-hydrogen) atoms. The maximum Gasteiger partial charge on any atom is 0.119 e. The number of hydrogen-bond acceptors (Lipinski definition) is 2. The molecule has 2 heteroatoms. The molecule has 92 valence electrons. The molecular weight excluding hydrogens is 222 g/mol. The fourth-order valence-electron chi connectivity index (χ4n) is 2.71. The highest BCUT2D eigenvalue weighted by atomic mass is 16.5. The van der Waals surface area contributed by atoms with Crippen LogP contribution in [0.2, 0.25) is 0 Å². The van der Waals surface area contributed by atoms with Crippen LogP contribution in [0.1, 0.15) is 18.1 Å². The summed E-state index contributed by atoms with van der Waals surface area (Å²) in [5, 5.41) is 3.49. The summed E-state index contributed by atoms with van der Waals surface area (Å²) in [6, 6.07) is 16.9. The average molecular weight is 239 g/mol. The minimum Gasteiger partial charge on any atom is -0.497 e. The maximum atomic E-state index is 5.33. The predicted octanol–water partition coefficient (Wildman–Crippen LogP) is 3.43. The van der Waals surface area contributed by atoms with E-state index < -0.39 is 0 Å². The first-order valence-electron chi connectivity index (χ1n) is 6.22. The summed E-state index contributed by atoms with van der Waals surface area (Å²) in [6.45, 7) is 3.21. The van der Waals surface area contributed by atoms with E-state index in [1.807, 2.05) is 6.07 Å². The third-order valence-corrected chi connectivity index (χ3v) is 3.86. The van der Waals surface area contributed by atoms with E-state index in [-0.39, 0.29) is 5.41 Å². The smallest absolute Gasteiger partial charge is 0.119 e. The molecule has 0 saturated heterocycles. The zero-order valence-corrected chi connectivity index (χ0v) is 10.7. The van der Waals surface area contributed by atoms with Crippen LogP contribution in [0.5, 0.6) is 5.75 Å². The van der Waals surface area contributed by atoms with E-state index in [0.717, 1.165) is 12.3 Å². The van der Waals surface area contributed by atoms with Crippen molar-refractivity contribution in [1.82, 2.24) is 0 Å². The second kappa shape index (κ2) is 4.05. The normalized spacial score (nSPS) is 21.2. The van der Waals surface area contributed by atoms with Gasteiger partial charge in [-0.15, -0.1) is 0 Å². The lowest BCUT2D eigenvalue weighted by molar-refractivity contribution is 0.413. The van der Waals surface area contributed by atoms with Gasteiger partial charge in [-0.2, -0.15) is 0 Å². The number of hydrogen-bond donors (Lipinski definition) is 1. The van der Waals surface area contributed by atoms with Crippen molar-refractivity contribution < 1.29 is 4.74 Å². The Bertz CT molecular complexity index is 579. The summed E-state index contributed by atoms with van der Waals surface area (Å²) in [7, 11) is 1.71. The van der Waals surface area contributed by atoms with Gasteiger partial charge in [-0.25, -0.2) is 0 Å². The number of rotatable bonds is 2. The highest BCUT2D eigenvalue weighted by Crippen LogP contribution is 2.41. The van der Waals surface area contributed by atoms with Crippen molar-refractivity contribution in [3.63, 3.8) is 0 Å². The molecule has 2 aromatic carbocycles. The van der Waals surface area contributed by atoms with E-state index in [1.165, 1.54) is 16.8 Å². The fraction of sp³-hybridized carbons (Fsp3) is 0.250. The van der Waals surface area contributed by atoms with Gasteiger partial charge in [0.25, 0.3) is 0 Å². The van der Waals surface area contributed by atoms with Crippen LogP contribution in [0, 0.1) is 0 Å². The molecule has 2 nitrogen and oxygen atoms in total. The van der Waals surface area contributed by atoms with Crippen molar-refractivity contribution >= 4 is 5.69 Å². The first kappa shape index (κ1) is 11.1. The summed E-state index contributed by atoms with van der Waals surface area (Å²) in [6.07, 6.45) is 0. The third-order valence-electron chi connectivity index (χ3n) is 3.86. The van der Waals surface area contributed by atoms with Crippen LogP contribution < -0.4 is 10.1 Å². The van der Waals surface area contributed by atoms with E-state index in [2.05, 4.69) is 54.7 Å². The largest absolute Gasteiger partial charge is 0.497 e. The van der Waals surface area contributed by atoms with E-state index in [4.69, 9.17) is 4.74 Å². The fourth-order valence-corrected chi connectivity index (χ4v) is 2.71. The van der Waals surface area contributed by atoms with E-state index in [0.29, 0.717) is 0 Å². The molecule has 0 aromatic heterocycles. The number of methoxy groups -OCH3 is 1. The van der Waals surface area contributed by atoms with E-state index in [9.17, 15) is 0 Å². The van der Waals surface area contributed by atoms with Gasteiger partial charge in [0, 0.05) is 17.6 Å². The minimum atomic E-state index is 0.0190. The predicted molar refractivity (Wildman–Crippen MR) is 74.4 cm³/mol. The van der Waals surface area contributed by atoms with Gasteiger partial charge in [-0.1, -0.05) is 30.3 Å². The van der Waals surface area contributed by atoms with Gasteiger partial charge in [0.05, 0.1) is 7.11 Å². The topological polar surface area (TPSA) is 21.3 Å². The van der Waals surface area contributed by atoms with Gasteiger partial charge in [-0.3, -0.25) is 0 Å². The van der Waals surface area contributed by atoms with Crippen molar-refractivity contribution in [3.05, 3.63) is 59.7 Å². The van der Waals surface area contributed by atoms with Crippen LogP contribution in [0.3, 0.4) is 0 Å². The van der Waals surface area contributed by atoms with Crippen LogP contribution in [-0.2, 0) is 5.41 Å². The SMILES string of the molecule is COc1cccc(C2(C)CNc3ccccc32)c1. The molecule has 0 aliphatic carbocycles. The summed E-state index contributed by atoms with van der Waals surface area (Å²) < 4.78 is 5.33. The molecule has 1 N–H and O–H groups in total. The molecule has 2 aromatic rings. The third kappa shape index (κ3) is 1.57. The van der Waals surface area contributed by atoms with Gasteiger partial charge in [0.2, 0.25) is 0 Å². The molecule has 3 rings (SSSR count). The number of fused-ring (bicyclic) bond motifs is 1. The van der Waals surface area contributed by atoms with Gasteiger partial charge >= 0.3 is 0 Å².